The summed E-state index contributed by atoms with van der Waals surface area (Å²) in [6.45, 7) is 6.55. The van der Waals surface area contributed by atoms with Crippen molar-refractivity contribution in [3.63, 3.8) is 0 Å². The van der Waals surface area contributed by atoms with E-state index in [1.165, 1.54) is 244 Å². The third-order valence-corrected chi connectivity index (χ3v) is 15.8. The van der Waals surface area contributed by atoms with Crippen molar-refractivity contribution < 1.29 is 28.6 Å². The van der Waals surface area contributed by atoms with Crippen molar-refractivity contribution in [1.29, 1.82) is 0 Å². The molecule has 0 aliphatic heterocycles. The second-order valence-corrected chi connectivity index (χ2v) is 23.8. The van der Waals surface area contributed by atoms with Gasteiger partial charge in [0.25, 0.3) is 0 Å². The second kappa shape index (κ2) is 68.6. The molecule has 0 saturated heterocycles. The minimum Gasteiger partial charge on any atom is -0.462 e. The predicted molar refractivity (Wildman–Crippen MR) is 348 cm³/mol. The zero-order chi connectivity index (χ0) is 57.8. The molecule has 0 aliphatic rings. The first-order valence-corrected chi connectivity index (χ1v) is 35.3. The van der Waals surface area contributed by atoms with Gasteiger partial charge in [0.2, 0.25) is 0 Å². The van der Waals surface area contributed by atoms with E-state index in [1.54, 1.807) is 0 Å². The van der Waals surface area contributed by atoms with Gasteiger partial charge in [0.1, 0.15) is 13.2 Å². The molecule has 1 unspecified atom stereocenters. The number of allylic oxidation sites excluding steroid dienone is 10. The Hall–Kier alpha value is -2.89. The molecule has 0 aromatic rings. The smallest absolute Gasteiger partial charge is 0.306 e. The highest BCUT2D eigenvalue weighted by atomic mass is 16.6. The minimum atomic E-state index is -0.774. The topological polar surface area (TPSA) is 78.9 Å². The number of hydrogen-bond acceptors (Lipinski definition) is 6. The molecule has 0 amide bonds. The third kappa shape index (κ3) is 65.9. The van der Waals surface area contributed by atoms with Gasteiger partial charge in [0, 0.05) is 19.3 Å². The summed E-state index contributed by atoms with van der Waals surface area (Å²) in [4.78, 5) is 38.3. The van der Waals surface area contributed by atoms with Crippen LogP contribution in [0.3, 0.4) is 0 Å². The quantitative estimate of drug-likeness (QED) is 0.0261. The van der Waals surface area contributed by atoms with Gasteiger partial charge in [0.05, 0.1) is 0 Å². The van der Waals surface area contributed by atoms with Gasteiger partial charge < -0.3 is 14.2 Å². The molecular weight excluding hydrogens is 985 g/mol. The fraction of sp³-hybridized carbons (Fsp3) is 0.824. The Balaban J connectivity index is 4.13. The summed E-state index contributed by atoms with van der Waals surface area (Å²) in [5, 5.41) is 0. The summed E-state index contributed by atoms with van der Waals surface area (Å²) in [6.07, 6.45) is 88.3. The number of carbonyl (C=O) groups is 3. The van der Waals surface area contributed by atoms with E-state index in [0.29, 0.717) is 19.3 Å². The van der Waals surface area contributed by atoms with Crippen molar-refractivity contribution in [3.05, 3.63) is 60.8 Å². The van der Waals surface area contributed by atoms with Gasteiger partial charge in [-0.1, -0.05) is 338 Å². The number of ether oxygens (including phenoxy) is 3. The molecule has 0 aromatic carbocycles. The second-order valence-electron chi connectivity index (χ2n) is 23.8. The van der Waals surface area contributed by atoms with Crippen LogP contribution in [0, 0.1) is 0 Å². The first-order valence-electron chi connectivity index (χ1n) is 35.3. The summed E-state index contributed by atoms with van der Waals surface area (Å²) < 4.78 is 17.0. The van der Waals surface area contributed by atoms with Crippen molar-refractivity contribution in [2.45, 2.75) is 380 Å². The van der Waals surface area contributed by atoms with Gasteiger partial charge in [0.15, 0.2) is 6.10 Å². The average Bonchev–Trinajstić information content (AvgIpc) is 3.46. The lowest BCUT2D eigenvalue weighted by Crippen LogP contribution is -2.30. The Kier molecular flexibility index (Phi) is 66.1. The van der Waals surface area contributed by atoms with E-state index in [-0.39, 0.29) is 31.1 Å². The summed E-state index contributed by atoms with van der Waals surface area (Å²) in [6, 6.07) is 0. The van der Waals surface area contributed by atoms with Gasteiger partial charge >= 0.3 is 17.9 Å². The van der Waals surface area contributed by atoms with Crippen molar-refractivity contribution in [3.8, 4) is 0 Å². The lowest BCUT2D eigenvalue weighted by Gasteiger charge is -2.18. The maximum absolute atomic E-state index is 12.9. The molecule has 0 aliphatic carbocycles. The molecule has 6 nitrogen and oxygen atoms in total. The lowest BCUT2D eigenvalue weighted by atomic mass is 10.0. The summed E-state index contributed by atoms with van der Waals surface area (Å²) in [5.41, 5.74) is 0. The van der Waals surface area contributed by atoms with E-state index in [0.717, 1.165) is 89.9 Å². The van der Waals surface area contributed by atoms with Crippen molar-refractivity contribution in [2.75, 3.05) is 13.2 Å². The van der Waals surface area contributed by atoms with Gasteiger partial charge in [-0.3, -0.25) is 14.4 Å². The number of esters is 3. The van der Waals surface area contributed by atoms with Gasteiger partial charge in [-0.05, 0) is 77.0 Å². The Morgan fingerprint density at radius 2 is 0.500 bits per heavy atom. The standard InChI is InChI=1S/C74H134O6/c1-4-7-10-13-16-19-22-24-26-28-30-32-33-34-35-36-37-38-39-40-41-42-44-45-47-49-52-55-58-61-64-67-73(76)79-70-71(69-78-72(75)66-63-60-57-54-51-21-18-15-12-9-6-3)80-74(77)68-65-62-59-56-53-50-48-46-43-31-29-27-25-23-20-17-14-11-8-5-2/h7,10,15-16,18-19,24,26,30,32,71H,4-6,8-9,11-14,17,20-23,25,27-29,31,33-70H2,1-3H3/b10-7-,18-15-,19-16-,26-24-,32-30-. The fourth-order valence-electron chi connectivity index (χ4n) is 10.5. The van der Waals surface area contributed by atoms with Crippen LogP contribution < -0.4 is 0 Å². The SMILES string of the molecule is CC/C=C\C/C=C\C/C=C\C/C=C\CCCCCCCCCCCCCCCCCCCCC(=O)OCC(COC(=O)CCCCCCC/C=C\CCCC)OC(=O)CCCCCCCCCCCCCCCCCCCCCC. The molecule has 0 heterocycles. The molecule has 0 fully saturated rings. The van der Waals surface area contributed by atoms with Crippen molar-refractivity contribution in [1.82, 2.24) is 0 Å². The zero-order valence-corrected chi connectivity index (χ0v) is 53.6. The Labute approximate surface area is 498 Å². The number of rotatable bonds is 65. The zero-order valence-electron chi connectivity index (χ0n) is 53.6. The largest absolute Gasteiger partial charge is 0.462 e. The van der Waals surface area contributed by atoms with E-state index >= 15 is 0 Å². The minimum absolute atomic E-state index is 0.0708. The van der Waals surface area contributed by atoms with E-state index < -0.39 is 6.10 Å². The average molecular weight is 1120 g/mol. The lowest BCUT2D eigenvalue weighted by molar-refractivity contribution is -0.167. The first kappa shape index (κ1) is 77.1. The van der Waals surface area contributed by atoms with Crippen LogP contribution in [0.5, 0.6) is 0 Å². The van der Waals surface area contributed by atoms with Gasteiger partial charge in [-0.15, -0.1) is 0 Å². The van der Waals surface area contributed by atoms with Crippen LogP contribution >= 0.6 is 0 Å². The third-order valence-electron chi connectivity index (χ3n) is 15.8. The molecule has 0 spiro atoms. The predicted octanol–water partition coefficient (Wildman–Crippen LogP) is 24.3. The van der Waals surface area contributed by atoms with Crippen LogP contribution in [0.4, 0.5) is 0 Å². The van der Waals surface area contributed by atoms with Gasteiger partial charge in [-0.2, -0.15) is 0 Å². The van der Waals surface area contributed by atoms with Gasteiger partial charge in [-0.25, -0.2) is 0 Å². The highest BCUT2D eigenvalue weighted by Gasteiger charge is 2.19. The molecule has 80 heavy (non-hydrogen) atoms. The molecule has 0 rings (SSSR count). The molecule has 0 radical (unpaired) electrons. The molecule has 0 saturated carbocycles. The number of unbranched alkanes of at least 4 members (excludes halogenated alkanes) is 44. The highest BCUT2D eigenvalue weighted by Crippen LogP contribution is 2.18. The first-order chi connectivity index (χ1) is 39.5. The molecule has 0 aromatic heterocycles. The van der Waals surface area contributed by atoms with Crippen LogP contribution in [-0.2, 0) is 28.6 Å². The van der Waals surface area contributed by atoms with E-state index in [1.807, 2.05) is 0 Å². The summed E-state index contributed by atoms with van der Waals surface area (Å²) in [5.74, 6) is -0.855. The molecule has 0 N–H and O–H groups in total. The Morgan fingerprint density at radius 3 is 0.812 bits per heavy atom. The van der Waals surface area contributed by atoms with Crippen LogP contribution in [0.2, 0.25) is 0 Å². The molecule has 1 atom stereocenters. The van der Waals surface area contributed by atoms with Crippen LogP contribution in [0.15, 0.2) is 60.8 Å². The molecule has 6 heteroatoms. The number of carbonyl (C=O) groups excluding carboxylic acids is 3. The Morgan fingerprint density at radius 1 is 0.263 bits per heavy atom. The molecule has 466 valence electrons. The maximum Gasteiger partial charge on any atom is 0.306 e. The van der Waals surface area contributed by atoms with Crippen LogP contribution in [0.25, 0.3) is 0 Å². The van der Waals surface area contributed by atoms with Crippen LogP contribution in [-0.4, -0.2) is 37.2 Å². The number of hydrogen-bond donors (Lipinski definition) is 0. The van der Waals surface area contributed by atoms with E-state index in [2.05, 4.69) is 81.5 Å². The Bertz CT molecular complexity index is 1430. The highest BCUT2D eigenvalue weighted by molar-refractivity contribution is 5.71. The molecular formula is C74H134O6. The summed E-state index contributed by atoms with van der Waals surface area (Å²) in [7, 11) is 0. The van der Waals surface area contributed by atoms with E-state index in [9.17, 15) is 14.4 Å². The van der Waals surface area contributed by atoms with Crippen LogP contribution in [0.1, 0.15) is 374 Å². The monoisotopic (exact) mass is 1120 g/mol. The maximum atomic E-state index is 12.9. The summed E-state index contributed by atoms with van der Waals surface area (Å²) >= 11 is 0. The van der Waals surface area contributed by atoms with Crippen molar-refractivity contribution >= 4 is 17.9 Å². The van der Waals surface area contributed by atoms with Crippen molar-refractivity contribution in [2.24, 2.45) is 0 Å². The van der Waals surface area contributed by atoms with E-state index in [4.69, 9.17) is 14.2 Å². The molecule has 0 bridgehead atoms. The fourth-order valence-corrected chi connectivity index (χ4v) is 10.5. The normalized spacial score (nSPS) is 12.4.